The van der Waals surface area contributed by atoms with E-state index >= 15 is 0 Å². The molecule has 3 aromatic rings. The summed E-state index contributed by atoms with van der Waals surface area (Å²) in [6.45, 7) is 0.364. The molecule has 0 bridgehead atoms. The summed E-state index contributed by atoms with van der Waals surface area (Å²) < 4.78 is 1.53. The number of carbonyl (C=O) groups excluding carboxylic acids is 1. The predicted octanol–water partition coefficient (Wildman–Crippen LogP) is 2.00. The molecule has 0 spiro atoms. The lowest BCUT2D eigenvalue weighted by Crippen LogP contribution is -2.22. The molecule has 6 nitrogen and oxygen atoms in total. The zero-order valence-corrected chi connectivity index (χ0v) is 12.6. The van der Waals surface area contributed by atoms with Crippen LogP contribution in [0.2, 0.25) is 5.02 Å². The van der Waals surface area contributed by atoms with E-state index in [0.717, 1.165) is 5.56 Å². The molecule has 1 N–H and O–H groups in total. The summed E-state index contributed by atoms with van der Waals surface area (Å²) >= 11 is 5.99. The molecule has 0 saturated carbocycles. The van der Waals surface area contributed by atoms with Gasteiger partial charge in [0.2, 0.25) is 5.78 Å². The summed E-state index contributed by atoms with van der Waals surface area (Å²) in [6.07, 6.45) is 2.03. The van der Waals surface area contributed by atoms with Gasteiger partial charge in [-0.25, -0.2) is 4.68 Å². The fraction of sp³-hybridized carbons (Fsp3) is 0.125. The molecule has 7 heteroatoms. The van der Waals surface area contributed by atoms with E-state index in [1.165, 1.54) is 17.1 Å². The van der Waals surface area contributed by atoms with Gasteiger partial charge in [0.05, 0.1) is 6.54 Å². The molecule has 2 aromatic heterocycles. The van der Waals surface area contributed by atoms with Gasteiger partial charge in [0.15, 0.2) is 5.69 Å². The van der Waals surface area contributed by atoms with Gasteiger partial charge in [-0.2, -0.15) is 0 Å². The third-order valence-corrected chi connectivity index (χ3v) is 4.10. The number of rotatable bonds is 2. The minimum absolute atomic E-state index is 0.179. The second-order valence-electron chi connectivity index (χ2n) is 5.31. The van der Waals surface area contributed by atoms with Crippen molar-refractivity contribution in [2.75, 3.05) is 0 Å². The van der Waals surface area contributed by atoms with E-state index in [9.17, 15) is 9.90 Å². The number of nitrogens with zero attached hydrogens (tertiary/aromatic N) is 4. The van der Waals surface area contributed by atoms with Crippen LogP contribution >= 0.6 is 11.6 Å². The Labute approximate surface area is 136 Å². The topological polar surface area (TPSA) is 80.9 Å². The van der Waals surface area contributed by atoms with E-state index in [0.29, 0.717) is 28.4 Å². The molecule has 0 fully saturated rings. The molecule has 0 aliphatic heterocycles. The Morgan fingerprint density at radius 3 is 3.00 bits per heavy atom. The highest BCUT2D eigenvalue weighted by atomic mass is 35.5. The quantitative estimate of drug-likeness (QED) is 0.779. The van der Waals surface area contributed by atoms with Gasteiger partial charge in [0.1, 0.15) is 11.8 Å². The van der Waals surface area contributed by atoms with Gasteiger partial charge in [-0.3, -0.25) is 9.78 Å². The molecule has 1 aliphatic rings. The Hall–Kier alpha value is -2.57. The molecule has 0 saturated heterocycles. The van der Waals surface area contributed by atoms with Crippen molar-refractivity contribution in [1.29, 1.82) is 0 Å². The van der Waals surface area contributed by atoms with E-state index in [1.54, 1.807) is 12.1 Å². The van der Waals surface area contributed by atoms with Crippen molar-refractivity contribution in [2.24, 2.45) is 0 Å². The maximum Gasteiger partial charge on any atom is 0.215 e. The van der Waals surface area contributed by atoms with E-state index in [1.807, 2.05) is 18.2 Å². The van der Waals surface area contributed by atoms with Gasteiger partial charge in [-0.05, 0) is 23.8 Å². The highest BCUT2D eigenvalue weighted by Gasteiger charge is 2.35. The number of fused-ring (bicyclic) bond motifs is 2. The Morgan fingerprint density at radius 2 is 2.17 bits per heavy atom. The van der Waals surface area contributed by atoms with E-state index in [2.05, 4.69) is 15.3 Å². The molecule has 0 radical (unpaired) electrons. The van der Waals surface area contributed by atoms with Crippen LogP contribution < -0.4 is 0 Å². The molecule has 1 atom stereocenters. The number of aliphatic hydroxyl groups excluding tert-OH is 1. The number of aromatic nitrogens is 4. The average molecular weight is 327 g/mol. The van der Waals surface area contributed by atoms with Crippen molar-refractivity contribution in [3.63, 3.8) is 0 Å². The number of halogens is 1. The normalized spacial score (nSPS) is 16.1. The van der Waals surface area contributed by atoms with Crippen LogP contribution in [0.4, 0.5) is 0 Å². The first-order valence-electron chi connectivity index (χ1n) is 6.99. The van der Waals surface area contributed by atoms with Gasteiger partial charge >= 0.3 is 0 Å². The molecule has 114 valence electrons. The lowest BCUT2D eigenvalue weighted by Gasteiger charge is -2.20. The summed E-state index contributed by atoms with van der Waals surface area (Å²) in [5, 5.41) is 19.2. The number of aliphatic hydroxyl groups is 1. The van der Waals surface area contributed by atoms with Gasteiger partial charge in [-0.15, -0.1) is 5.10 Å². The lowest BCUT2D eigenvalue weighted by atomic mass is 9.90. The molecule has 1 aliphatic carbocycles. The van der Waals surface area contributed by atoms with Gasteiger partial charge in [0.25, 0.3) is 0 Å². The van der Waals surface area contributed by atoms with Crippen molar-refractivity contribution in [3.05, 3.63) is 75.8 Å². The smallest absolute Gasteiger partial charge is 0.215 e. The summed E-state index contributed by atoms with van der Waals surface area (Å²) in [5.74, 6) is -0.250. The molecule has 1 unspecified atom stereocenters. The van der Waals surface area contributed by atoms with E-state index in [4.69, 9.17) is 11.6 Å². The number of pyridine rings is 1. The molecule has 0 amide bonds. The van der Waals surface area contributed by atoms with Crippen molar-refractivity contribution in [2.45, 2.75) is 12.6 Å². The van der Waals surface area contributed by atoms with Crippen LogP contribution in [-0.4, -0.2) is 30.9 Å². The second-order valence-corrected chi connectivity index (χ2v) is 5.74. The highest BCUT2D eigenvalue weighted by molar-refractivity contribution is 6.30. The standard InChI is InChI=1S/C16H11ClN4O2/c17-10-3-1-2-9(6-10)8-21-14-13(19-20-21)15(22)11-4-5-18-7-12(11)16(14)23/h1-7,16,23H,8H2. The molecule has 1 aromatic carbocycles. The Bertz CT molecular complexity index is 922. The second kappa shape index (κ2) is 5.26. The fourth-order valence-corrected chi connectivity index (χ4v) is 3.00. The number of carbonyl (C=O) groups is 1. The number of benzene rings is 1. The first kappa shape index (κ1) is 14.0. The monoisotopic (exact) mass is 326 g/mol. The molecular weight excluding hydrogens is 316 g/mol. The predicted molar refractivity (Wildman–Crippen MR) is 82.3 cm³/mol. The van der Waals surface area contributed by atoms with Crippen LogP contribution in [-0.2, 0) is 6.54 Å². The molecule has 23 heavy (non-hydrogen) atoms. The maximum atomic E-state index is 12.5. The van der Waals surface area contributed by atoms with Gasteiger partial charge in [0, 0.05) is 28.5 Å². The fourth-order valence-electron chi connectivity index (χ4n) is 2.78. The average Bonchev–Trinajstić information content (AvgIpc) is 2.97. The van der Waals surface area contributed by atoms with Crippen molar-refractivity contribution in [1.82, 2.24) is 20.0 Å². The highest BCUT2D eigenvalue weighted by Crippen LogP contribution is 2.33. The minimum Gasteiger partial charge on any atom is -0.382 e. The number of hydrogen-bond donors (Lipinski definition) is 1. The molecule has 4 rings (SSSR count). The van der Waals surface area contributed by atoms with Crippen molar-refractivity contribution < 1.29 is 9.90 Å². The van der Waals surface area contributed by atoms with Crippen LogP contribution in [0.5, 0.6) is 0 Å². The zero-order chi connectivity index (χ0) is 16.0. The summed E-state index contributed by atoms with van der Waals surface area (Å²) in [6, 6.07) is 8.90. The molecule has 2 heterocycles. The van der Waals surface area contributed by atoms with Gasteiger partial charge < -0.3 is 5.11 Å². The third-order valence-electron chi connectivity index (χ3n) is 3.86. The molecular formula is C16H11ClN4O2. The van der Waals surface area contributed by atoms with E-state index in [-0.39, 0.29) is 11.5 Å². The Balaban J connectivity index is 1.79. The number of hydrogen-bond acceptors (Lipinski definition) is 5. The summed E-state index contributed by atoms with van der Waals surface area (Å²) in [7, 11) is 0. The largest absolute Gasteiger partial charge is 0.382 e. The van der Waals surface area contributed by atoms with Crippen LogP contribution in [0.3, 0.4) is 0 Å². The van der Waals surface area contributed by atoms with Crippen molar-refractivity contribution >= 4 is 17.4 Å². The van der Waals surface area contributed by atoms with Crippen LogP contribution in [0.25, 0.3) is 0 Å². The summed E-state index contributed by atoms with van der Waals surface area (Å²) in [5.41, 5.74) is 2.35. The van der Waals surface area contributed by atoms with Gasteiger partial charge in [-0.1, -0.05) is 28.9 Å². The third kappa shape index (κ3) is 2.23. The Kier molecular flexibility index (Phi) is 3.21. The summed E-state index contributed by atoms with van der Waals surface area (Å²) in [4.78, 5) is 16.5. The number of ketones is 1. The maximum absolute atomic E-state index is 12.5. The van der Waals surface area contributed by atoms with Crippen molar-refractivity contribution in [3.8, 4) is 0 Å². The Morgan fingerprint density at radius 1 is 1.30 bits per heavy atom. The SMILES string of the molecule is O=C1c2ccncc2C(O)c2c1nnn2Cc1cccc(Cl)c1. The van der Waals surface area contributed by atoms with Crippen LogP contribution in [0.15, 0.2) is 42.7 Å². The first-order chi connectivity index (χ1) is 11.1. The lowest BCUT2D eigenvalue weighted by molar-refractivity contribution is 0.101. The van der Waals surface area contributed by atoms with E-state index < -0.39 is 6.10 Å². The first-order valence-corrected chi connectivity index (χ1v) is 7.37. The van der Waals surface area contributed by atoms with Crippen LogP contribution in [0.1, 0.15) is 39.0 Å². The zero-order valence-electron chi connectivity index (χ0n) is 11.8. The minimum atomic E-state index is -0.986. The van der Waals surface area contributed by atoms with Crippen LogP contribution in [0, 0.1) is 0 Å².